The molecule has 0 fully saturated rings. The topological polar surface area (TPSA) is 75.1 Å². The van der Waals surface area contributed by atoms with Crippen LogP contribution >= 0.6 is 0 Å². The molecule has 2 rings (SSSR count). The number of rotatable bonds is 2. The van der Waals surface area contributed by atoms with Crippen molar-refractivity contribution in [2.24, 2.45) is 0 Å². The molecular weight excluding hydrogens is 239 g/mol. The third-order valence-corrected chi connectivity index (χ3v) is 3.75. The molecule has 1 unspecified atom stereocenters. The zero-order chi connectivity index (χ0) is 12.4. The van der Waals surface area contributed by atoms with Crippen LogP contribution in [0.5, 0.6) is 0 Å². The maximum absolute atomic E-state index is 13.8. The zero-order valence-electron chi connectivity index (χ0n) is 8.89. The first-order chi connectivity index (χ1) is 8.11. The van der Waals surface area contributed by atoms with Crippen LogP contribution in [0.3, 0.4) is 0 Å². The Morgan fingerprint density at radius 3 is 2.29 bits per heavy atom. The summed E-state index contributed by atoms with van der Waals surface area (Å²) in [6, 6.07) is 11.5. The van der Waals surface area contributed by atoms with Crippen molar-refractivity contribution in [2.75, 3.05) is 11.5 Å². The van der Waals surface area contributed by atoms with E-state index in [1.807, 2.05) is 0 Å². The lowest BCUT2D eigenvalue weighted by atomic mass is 10.2. The highest BCUT2D eigenvalue weighted by molar-refractivity contribution is 7.91. The monoisotopic (exact) mass is 250 g/mol. The summed E-state index contributed by atoms with van der Waals surface area (Å²) < 4.78 is 25.9. The van der Waals surface area contributed by atoms with Gasteiger partial charge in [0.1, 0.15) is 0 Å². The van der Waals surface area contributed by atoms with Crippen molar-refractivity contribution in [1.82, 2.24) is 0 Å². The molecule has 1 atom stereocenters. The second-order valence-electron chi connectivity index (χ2n) is 3.46. The Balaban J connectivity index is 2.45. The van der Waals surface area contributed by atoms with Gasteiger partial charge in [-0.2, -0.15) is 4.39 Å². The first-order valence-electron chi connectivity index (χ1n) is 4.91. The van der Waals surface area contributed by atoms with Crippen molar-refractivity contribution < 1.29 is 8.94 Å². The van der Waals surface area contributed by atoms with Crippen molar-refractivity contribution in [2.45, 2.75) is 9.79 Å². The van der Waals surface area contributed by atoms with Gasteiger partial charge in [0.05, 0.1) is 11.4 Å². The molecule has 3 nitrogen and oxygen atoms in total. The Morgan fingerprint density at radius 2 is 1.65 bits per heavy atom. The summed E-state index contributed by atoms with van der Waals surface area (Å²) in [5, 5.41) is 0. The standard InChI is InChI=1S/C12H11FN2OS/c13-11-10(7-6-9(14)12(11)15)17(16)8-4-2-1-3-5-8/h1-7H,14-15H2. The van der Waals surface area contributed by atoms with Gasteiger partial charge in [0, 0.05) is 11.2 Å². The van der Waals surface area contributed by atoms with Crippen LogP contribution in [0.2, 0.25) is 0 Å². The van der Waals surface area contributed by atoms with Gasteiger partial charge in [0.15, 0.2) is 9.79 Å². The molecule has 0 saturated heterocycles. The van der Waals surface area contributed by atoms with Crippen LogP contribution in [-0.4, -0.2) is 4.55 Å². The lowest BCUT2D eigenvalue weighted by Crippen LogP contribution is -2.08. The fraction of sp³-hybridized carbons (Fsp3) is 0. The molecule has 0 aliphatic carbocycles. The lowest BCUT2D eigenvalue weighted by molar-refractivity contribution is 0.569. The molecule has 0 bridgehead atoms. The highest BCUT2D eigenvalue weighted by Gasteiger charge is 2.22. The molecule has 17 heavy (non-hydrogen) atoms. The molecule has 0 aliphatic rings. The Bertz CT molecular complexity index is 534. The minimum Gasteiger partial charge on any atom is -0.606 e. The zero-order valence-corrected chi connectivity index (χ0v) is 9.71. The number of nitrogens with two attached hydrogens (primary N) is 2. The van der Waals surface area contributed by atoms with E-state index in [9.17, 15) is 8.94 Å². The highest BCUT2D eigenvalue weighted by Crippen LogP contribution is 2.29. The van der Waals surface area contributed by atoms with Gasteiger partial charge in [0.2, 0.25) is 5.82 Å². The molecule has 0 amide bonds. The predicted octanol–water partition coefficient (Wildman–Crippen LogP) is 2.16. The number of benzene rings is 2. The van der Waals surface area contributed by atoms with Gasteiger partial charge in [-0.05, 0) is 24.3 Å². The molecule has 5 heteroatoms. The van der Waals surface area contributed by atoms with E-state index < -0.39 is 17.0 Å². The largest absolute Gasteiger partial charge is 0.606 e. The molecule has 88 valence electrons. The normalized spacial score (nSPS) is 12.4. The fourth-order valence-electron chi connectivity index (χ4n) is 1.40. The first-order valence-corrected chi connectivity index (χ1v) is 6.06. The van der Waals surface area contributed by atoms with Crippen LogP contribution in [0.15, 0.2) is 52.3 Å². The second kappa shape index (κ2) is 4.65. The van der Waals surface area contributed by atoms with E-state index >= 15 is 0 Å². The van der Waals surface area contributed by atoms with Gasteiger partial charge in [0.25, 0.3) is 0 Å². The molecule has 0 spiro atoms. The molecule has 0 aliphatic heterocycles. The number of halogens is 1. The third kappa shape index (κ3) is 2.20. The summed E-state index contributed by atoms with van der Waals surface area (Å²) in [5.74, 6) is -0.716. The first kappa shape index (κ1) is 11.8. The van der Waals surface area contributed by atoms with Gasteiger partial charge in [-0.15, -0.1) is 0 Å². The SMILES string of the molecule is Nc1ccc([S+]([O-])c2ccccc2)c(F)c1N. The molecule has 4 N–H and O–H groups in total. The van der Waals surface area contributed by atoms with Gasteiger partial charge in [-0.25, -0.2) is 0 Å². The summed E-state index contributed by atoms with van der Waals surface area (Å²) in [6.07, 6.45) is 0. The van der Waals surface area contributed by atoms with Crippen LogP contribution in [0, 0.1) is 5.82 Å². The predicted molar refractivity (Wildman–Crippen MR) is 66.3 cm³/mol. The van der Waals surface area contributed by atoms with E-state index in [4.69, 9.17) is 11.5 Å². The maximum Gasteiger partial charge on any atom is 0.203 e. The minimum atomic E-state index is -1.59. The molecule has 2 aromatic carbocycles. The van der Waals surface area contributed by atoms with Crippen molar-refractivity contribution in [1.29, 1.82) is 0 Å². The third-order valence-electron chi connectivity index (χ3n) is 2.34. The van der Waals surface area contributed by atoms with E-state index in [0.29, 0.717) is 4.90 Å². The fourth-order valence-corrected chi connectivity index (χ4v) is 2.52. The number of nitrogen functional groups attached to an aromatic ring is 2. The molecule has 2 aromatic rings. The number of hydrogen-bond donors (Lipinski definition) is 2. The Hall–Kier alpha value is -1.72. The van der Waals surface area contributed by atoms with E-state index in [1.165, 1.54) is 12.1 Å². The maximum atomic E-state index is 13.8. The number of anilines is 2. The second-order valence-corrected chi connectivity index (χ2v) is 4.91. The summed E-state index contributed by atoms with van der Waals surface area (Å²) >= 11 is -1.59. The average molecular weight is 250 g/mol. The molecule has 0 saturated carbocycles. The van der Waals surface area contributed by atoms with Crippen LogP contribution in [0.25, 0.3) is 0 Å². The lowest BCUT2D eigenvalue weighted by Gasteiger charge is -2.12. The van der Waals surface area contributed by atoms with Crippen LogP contribution in [0.4, 0.5) is 15.8 Å². The van der Waals surface area contributed by atoms with Crippen molar-refractivity contribution >= 4 is 22.6 Å². The number of hydrogen-bond acceptors (Lipinski definition) is 3. The van der Waals surface area contributed by atoms with Crippen molar-refractivity contribution in [3.63, 3.8) is 0 Å². The molecule has 0 heterocycles. The van der Waals surface area contributed by atoms with Gasteiger partial charge in [-0.3, -0.25) is 0 Å². The summed E-state index contributed by atoms with van der Waals surface area (Å²) in [5.41, 5.74) is 10.9. The van der Waals surface area contributed by atoms with Crippen LogP contribution in [0.1, 0.15) is 0 Å². The van der Waals surface area contributed by atoms with Crippen LogP contribution in [-0.2, 0) is 11.2 Å². The smallest absolute Gasteiger partial charge is 0.203 e. The van der Waals surface area contributed by atoms with Gasteiger partial charge < -0.3 is 16.0 Å². The van der Waals surface area contributed by atoms with E-state index in [1.54, 1.807) is 30.3 Å². The Labute approximate surface area is 101 Å². The summed E-state index contributed by atoms with van der Waals surface area (Å²) in [6.45, 7) is 0. The summed E-state index contributed by atoms with van der Waals surface area (Å²) in [4.78, 5) is 0.568. The Kier molecular flexibility index (Phi) is 3.21. The molecule has 0 aromatic heterocycles. The molecular formula is C12H11FN2OS. The van der Waals surface area contributed by atoms with E-state index in [2.05, 4.69) is 0 Å². The molecule has 0 radical (unpaired) electrons. The van der Waals surface area contributed by atoms with Crippen molar-refractivity contribution in [3.8, 4) is 0 Å². The van der Waals surface area contributed by atoms with Gasteiger partial charge >= 0.3 is 0 Å². The van der Waals surface area contributed by atoms with E-state index in [0.717, 1.165) is 0 Å². The summed E-state index contributed by atoms with van der Waals surface area (Å²) in [7, 11) is 0. The van der Waals surface area contributed by atoms with Gasteiger partial charge in [-0.1, -0.05) is 18.2 Å². The average Bonchev–Trinajstić information content (AvgIpc) is 2.36. The quantitative estimate of drug-likeness (QED) is 0.633. The minimum absolute atomic E-state index is 0.0444. The van der Waals surface area contributed by atoms with Crippen molar-refractivity contribution in [3.05, 3.63) is 48.3 Å². The highest BCUT2D eigenvalue weighted by atomic mass is 32.2. The van der Waals surface area contributed by atoms with E-state index in [-0.39, 0.29) is 16.3 Å². The van der Waals surface area contributed by atoms with Crippen LogP contribution < -0.4 is 11.5 Å². The Morgan fingerprint density at radius 1 is 1.00 bits per heavy atom.